The summed E-state index contributed by atoms with van der Waals surface area (Å²) >= 11 is 0. The summed E-state index contributed by atoms with van der Waals surface area (Å²) in [4.78, 5) is 17.6. The van der Waals surface area contributed by atoms with Gasteiger partial charge in [-0.2, -0.15) is 0 Å². The number of nitrogens with zero attached hydrogens (tertiary/aromatic N) is 2. The van der Waals surface area contributed by atoms with Crippen molar-refractivity contribution in [3.8, 4) is 0 Å². The molecule has 1 atom stereocenters. The van der Waals surface area contributed by atoms with E-state index >= 15 is 0 Å². The van der Waals surface area contributed by atoms with Crippen molar-refractivity contribution in [3.63, 3.8) is 0 Å². The number of carbonyl (C=O) groups excluding carboxylic acids is 1. The van der Waals surface area contributed by atoms with Crippen molar-refractivity contribution in [2.24, 2.45) is 4.99 Å². The van der Waals surface area contributed by atoms with E-state index in [0.29, 0.717) is 19.0 Å². The Labute approximate surface area is 162 Å². The third-order valence-corrected chi connectivity index (χ3v) is 3.88. The monoisotopic (exact) mass is 456 g/mol. The zero-order valence-electron chi connectivity index (χ0n) is 15.6. The van der Waals surface area contributed by atoms with E-state index in [1.807, 2.05) is 13.8 Å². The smallest absolute Gasteiger partial charge is 0.243 e. The molecule has 0 saturated carbocycles. The molecule has 1 heterocycles. The van der Waals surface area contributed by atoms with Gasteiger partial charge in [0.1, 0.15) is 6.54 Å². The molecule has 0 aromatic heterocycles. The first kappa shape index (κ1) is 23.4. The van der Waals surface area contributed by atoms with Crippen LogP contribution < -0.4 is 10.6 Å². The van der Waals surface area contributed by atoms with Gasteiger partial charge in [0.2, 0.25) is 5.91 Å². The zero-order valence-corrected chi connectivity index (χ0v) is 17.9. The van der Waals surface area contributed by atoms with Crippen LogP contribution in [0, 0.1) is 0 Å². The lowest BCUT2D eigenvalue weighted by Gasteiger charge is -2.26. The summed E-state index contributed by atoms with van der Waals surface area (Å²) in [6, 6.07) is 0. The van der Waals surface area contributed by atoms with Gasteiger partial charge in [0, 0.05) is 40.9 Å². The van der Waals surface area contributed by atoms with Gasteiger partial charge in [-0.05, 0) is 33.1 Å². The zero-order chi connectivity index (χ0) is 17.3. The second-order valence-electron chi connectivity index (χ2n) is 6.64. The number of amides is 1. The molecule has 1 rings (SSSR count). The number of likely N-dealkylation sites (N-methyl/N-ethyl adjacent to an activating group) is 1. The molecule has 1 amide bonds. The number of halogens is 1. The number of ether oxygens (including phenoxy) is 2. The number of carbonyl (C=O) groups is 1. The number of hydrogen-bond acceptors (Lipinski definition) is 4. The fourth-order valence-corrected chi connectivity index (χ4v) is 2.01. The summed E-state index contributed by atoms with van der Waals surface area (Å²) in [5.74, 6) is 0.575. The minimum Gasteiger partial charge on any atom is -0.377 e. The number of guanidine groups is 1. The Balaban J connectivity index is 0.00000529. The van der Waals surface area contributed by atoms with Crippen LogP contribution in [0.4, 0.5) is 0 Å². The maximum absolute atomic E-state index is 11.7. The third-order valence-electron chi connectivity index (χ3n) is 3.88. The number of rotatable bonds is 7. The van der Waals surface area contributed by atoms with E-state index in [0.717, 1.165) is 19.4 Å². The van der Waals surface area contributed by atoms with Gasteiger partial charge in [-0.1, -0.05) is 0 Å². The summed E-state index contributed by atoms with van der Waals surface area (Å²) in [6.07, 6.45) is 3.59. The molecule has 0 aromatic carbocycles. The van der Waals surface area contributed by atoms with Crippen LogP contribution in [-0.4, -0.2) is 75.9 Å². The molecule has 1 unspecified atom stereocenters. The quantitative estimate of drug-likeness (QED) is 0.343. The van der Waals surface area contributed by atoms with E-state index < -0.39 is 0 Å². The van der Waals surface area contributed by atoms with Crippen LogP contribution >= 0.6 is 24.0 Å². The predicted molar refractivity (Wildman–Crippen MR) is 107 cm³/mol. The molecule has 0 spiro atoms. The lowest BCUT2D eigenvalue weighted by Crippen LogP contribution is -2.48. The van der Waals surface area contributed by atoms with Crippen LogP contribution in [0.15, 0.2) is 4.99 Å². The fourth-order valence-electron chi connectivity index (χ4n) is 2.01. The summed E-state index contributed by atoms with van der Waals surface area (Å²) in [6.45, 7) is 6.20. The molecule has 1 aliphatic rings. The minimum absolute atomic E-state index is 0. The summed E-state index contributed by atoms with van der Waals surface area (Å²) < 4.78 is 11.1. The highest BCUT2D eigenvalue weighted by atomic mass is 127. The Morgan fingerprint density at radius 2 is 2.04 bits per heavy atom. The van der Waals surface area contributed by atoms with E-state index in [4.69, 9.17) is 9.47 Å². The Kier molecular flexibility index (Phi) is 11.6. The van der Waals surface area contributed by atoms with E-state index in [9.17, 15) is 4.79 Å². The summed E-state index contributed by atoms with van der Waals surface area (Å²) in [5.41, 5.74) is -0.310. The first-order chi connectivity index (χ1) is 10.8. The average molecular weight is 456 g/mol. The lowest BCUT2D eigenvalue weighted by atomic mass is 10.1. The van der Waals surface area contributed by atoms with Gasteiger partial charge in [-0.15, -0.1) is 24.0 Å². The van der Waals surface area contributed by atoms with Gasteiger partial charge in [0.05, 0.1) is 11.7 Å². The van der Waals surface area contributed by atoms with Crippen LogP contribution in [0.1, 0.15) is 33.1 Å². The van der Waals surface area contributed by atoms with Gasteiger partial charge in [-0.3, -0.25) is 4.79 Å². The van der Waals surface area contributed by atoms with Crippen molar-refractivity contribution in [2.45, 2.75) is 44.8 Å². The number of hydrogen-bond donors (Lipinski definition) is 2. The molecule has 1 aliphatic heterocycles. The number of nitrogens with one attached hydrogen (secondary N) is 2. The molecule has 24 heavy (non-hydrogen) atoms. The van der Waals surface area contributed by atoms with Gasteiger partial charge in [0.15, 0.2) is 5.96 Å². The highest BCUT2D eigenvalue weighted by Gasteiger charge is 2.18. The second kappa shape index (κ2) is 11.9. The summed E-state index contributed by atoms with van der Waals surface area (Å²) in [5, 5.41) is 6.50. The lowest BCUT2D eigenvalue weighted by molar-refractivity contribution is -0.127. The Morgan fingerprint density at radius 1 is 1.33 bits per heavy atom. The maximum Gasteiger partial charge on any atom is 0.243 e. The SMILES string of the molecule is COC(C)(C)CNC(=NCC(=O)N(C)C)NCC1CCCCO1.I. The van der Waals surface area contributed by atoms with Crippen molar-refractivity contribution in [1.29, 1.82) is 0 Å². The Morgan fingerprint density at radius 3 is 2.58 bits per heavy atom. The van der Waals surface area contributed by atoms with Crippen molar-refractivity contribution >= 4 is 35.8 Å². The maximum atomic E-state index is 11.7. The van der Waals surface area contributed by atoms with Crippen molar-refractivity contribution < 1.29 is 14.3 Å². The first-order valence-electron chi connectivity index (χ1n) is 8.23. The molecule has 7 nitrogen and oxygen atoms in total. The van der Waals surface area contributed by atoms with Gasteiger partial charge >= 0.3 is 0 Å². The average Bonchev–Trinajstić information content (AvgIpc) is 2.54. The number of aliphatic imine (C=N–C) groups is 1. The van der Waals surface area contributed by atoms with Crippen LogP contribution in [0.3, 0.4) is 0 Å². The van der Waals surface area contributed by atoms with Crippen LogP contribution in [0.25, 0.3) is 0 Å². The Hall–Kier alpha value is -0.610. The normalized spacial score (nSPS) is 18.5. The van der Waals surface area contributed by atoms with Gasteiger partial charge in [0.25, 0.3) is 0 Å². The molecular weight excluding hydrogens is 423 g/mol. The molecule has 8 heteroatoms. The van der Waals surface area contributed by atoms with E-state index in [1.165, 1.54) is 11.3 Å². The standard InChI is InChI=1S/C16H32N4O3.HI/c1-16(2,22-5)12-19-15(18-11-14(21)20(3)4)17-10-13-8-6-7-9-23-13;/h13H,6-12H2,1-5H3,(H2,17,18,19);1H. The second-order valence-corrected chi connectivity index (χ2v) is 6.64. The molecule has 0 bridgehead atoms. The molecule has 0 radical (unpaired) electrons. The minimum atomic E-state index is -0.310. The van der Waals surface area contributed by atoms with Crippen LogP contribution in [-0.2, 0) is 14.3 Å². The summed E-state index contributed by atoms with van der Waals surface area (Å²) in [7, 11) is 5.13. The molecule has 142 valence electrons. The molecule has 2 N–H and O–H groups in total. The van der Waals surface area contributed by atoms with Crippen LogP contribution in [0.2, 0.25) is 0 Å². The highest BCUT2D eigenvalue weighted by molar-refractivity contribution is 14.0. The van der Waals surface area contributed by atoms with E-state index in [2.05, 4.69) is 15.6 Å². The van der Waals surface area contributed by atoms with Crippen molar-refractivity contribution in [3.05, 3.63) is 0 Å². The van der Waals surface area contributed by atoms with Crippen molar-refractivity contribution in [2.75, 3.05) is 47.4 Å². The third kappa shape index (κ3) is 9.63. The molecular formula is C16H33IN4O3. The largest absolute Gasteiger partial charge is 0.377 e. The Bertz CT molecular complexity index is 397. The first-order valence-corrected chi connectivity index (χ1v) is 8.23. The van der Waals surface area contributed by atoms with Crippen LogP contribution in [0.5, 0.6) is 0 Å². The molecule has 0 aliphatic carbocycles. The molecule has 1 fully saturated rings. The molecule has 1 saturated heterocycles. The number of methoxy groups -OCH3 is 1. The van der Waals surface area contributed by atoms with Crippen molar-refractivity contribution in [1.82, 2.24) is 15.5 Å². The molecule has 0 aromatic rings. The van der Waals surface area contributed by atoms with Gasteiger partial charge in [-0.25, -0.2) is 4.99 Å². The fraction of sp³-hybridized carbons (Fsp3) is 0.875. The predicted octanol–water partition coefficient (Wildman–Crippen LogP) is 1.22. The topological polar surface area (TPSA) is 75.2 Å². The van der Waals surface area contributed by atoms with E-state index in [1.54, 1.807) is 21.2 Å². The highest BCUT2D eigenvalue weighted by Crippen LogP contribution is 2.11. The van der Waals surface area contributed by atoms with E-state index in [-0.39, 0.29) is 48.1 Å². The van der Waals surface area contributed by atoms with Gasteiger partial charge < -0.3 is 25.0 Å².